The van der Waals surface area contributed by atoms with Crippen LogP contribution in [-0.2, 0) is 14.3 Å². The zero-order valence-corrected chi connectivity index (χ0v) is 17.0. The maximum atomic E-state index is 14.7. The quantitative estimate of drug-likeness (QED) is 0.493. The number of carbonyl (C=O) groups is 2. The molecule has 2 aliphatic rings. The molecule has 0 aromatic rings. The van der Waals surface area contributed by atoms with Gasteiger partial charge in [0.05, 0.1) is 6.10 Å². The molecule has 0 aromatic carbocycles. The number of fused-ring (bicyclic) bond motifs is 1. The van der Waals surface area contributed by atoms with Gasteiger partial charge in [-0.25, -0.2) is 8.78 Å². The first-order chi connectivity index (χ1) is 13.1. The van der Waals surface area contributed by atoms with Gasteiger partial charge in [0.25, 0.3) is 0 Å². The molecule has 7 heteroatoms. The Morgan fingerprint density at radius 1 is 1.32 bits per heavy atom. The average Bonchev–Trinajstić information content (AvgIpc) is 2.91. The number of ether oxygens (including phenoxy) is 1. The summed E-state index contributed by atoms with van der Waals surface area (Å²) in [5, 5.41) is 19.2. The Hall–Kier alpha value is -1.08. The van der Waals surface area contributed by atoms with E-state index >= 15 is 0 Å². The van der Waals surface area contributed by atoms with Crippen molar-refractivity contribution in [3.63, 3.8) is 0 Å². The normalized spacial score (nSPS) is 31.6. The lowest BCUT2D eigenvalue weighted by atomic mass is 9.81. The summed E-state index contributed by atoms with van der Waals surface area (Å²) in [6, 6.07) is 0. The SMILES string of the molecule is CC[C@H](C)CC(F)(F)[C@@]1(O)CCC2C(CC(=O)[C@@H]2CCCCCCC(=O)O)O1. The molecule has 2 N–H and O–H groups in total. The topological polar surface area (TPSA) is 83.8 Å². The fourth-order valence-electron chi connectivity index (χ4n) is 4.57. The van der Waals surface area contributed by atoms with Gasteiger partial charge in [0.15, 0.2) is 0 Å². The minimum absolute atomic E-state index is 0.0371. The molecular formula is C21H34F2O5. The second-order valence-corrected chi connectivity index (χ2v) is 8.69. The molecule has 0 bridgehead atoms. The average molecular weight is 404 g/mol. The summed E-state index contributed by atoms with van der Waals surface area (Å²) in [6.07, 6.45) is 3.79. The minimum atomic E-state index is -3.33. The molecule has 2 rings (SSSR count). The van der Waals surface area contributed by atoms with Gasteiger partial charge in [-0.1, -0.05) is 39.5 Å². The number of unbranched alkanes of at least 4 members (excludes halogenated alkanes) is 3. The highest BCUT2D eigenvalue weighted by Crippen LogP contribution is 2.50. The fourth-order valence-corrected chi connectivity index (χ4v) is 4.57. The molecule has 0 aromatic heterocycles. The van der Waals surface area contributed by atoms with Crippen LogP contribution in [0.2, 0.25) is 0 Å². The summed E-state index contributed by atoms with van der Waals surface area (Å²) < 4.78 is 34.8. The van der Waals surface area contributed by atoms with Crippen molar-refractivity contribution < 1.29 is 33.3 Å². The fraction of sp³-hybridized carbons (Fsp3) is 0.905. The number of aliphatic hydroxyl groups is 1. The van der Waals surface area contributed by atoms with Crippen LogP contribution in [0.4, 0.5) is 8.78 Å². The van der Waals surface area contributed by atoms with E-state index in [2.05, 4.69) is 0 Å². The molecule has 2 fully saturated rings. The molecule has 1 aliphatic carbocycles. The van der Waals surface area contributed by atoms with Gasteiger partial charge in [-0.05, 0) is 31.1 Å². The lowest BCUT2D eigenvalue weighted by Gasteiger charge is -2.44. The number of hydrogen-bond acceptors (Lipinski definition) is 4. The van der Waals surface area contributed by atoms with Gasteiger partial charge >= 0.3 is 11.9 Å². The summed E-state index contributed by atoms with van der Waals surface area (Å²) in [5.74, 6) is -7.11. The van der Waals surface area contributed by atoms with E-state index in [1.165, 1.54) is 0 Å². The maximum Gasteiger partial charge on any atom is 0.303 e. The summed E-state index contributed by atoms with van der Waals surface area (Å²) >= 11 is 0. The summed E-state index contributed by atoms with van der Waals surface area (Å²) in [7, 11) is 0. The Bertz CT molecular complexity index is 553. The van der Waals surface area contributed by atoms with Crippen LogP contribution in [0.1, 0.15) is 84.5 Å². The van der Waals surface area contributed by atoms with Gasteiger partial charge in [-0.2, -0.15) is 0 Å². The van der Waals surface area contributed by atoms with Crippen molar-refractivity contribution in [1.82, 2.24) is 0 Å². The third kappa shape index (κ3) is 5.50. The minimum Gasteiger partial charge on any atom is -0.481 e. The van der Waals surface area contributed by atoms with Crippen LogP contribution in [0.3, 0.4) is 0 Å². The van der Waals surface area contributed by atoms with E-state index in [1.807, 2.05) is 6.92 Å². The Labute approximate surface area is 165 Å². The van der Waals surface area contributed by atoms with Crippen molar-refractivity contribution >= 4 is 11.8 Å². The van der Waals surface area contributed by atoms with E-state index in [4.69, 9.17) is 9.84 Å². The van der Waals surface area contributed by atoms with Crippen molar-refractivity contribution in [1.29, 1.82) is 0 Å². The van der Waals surface area contributed by atoms with E-state index in [0.717, 1.165) is 19.3 Å². The number of rotatable bonds is 11. The monoisotopic (exact) mass is 404 g/mol. The number of Topliss-reactive ketones (excluding diaryl/α,β-unsaturated/α-hetero) is 1. The molecular weight excluding hydrogens is 370 g/mol. The molecule has 0 amide bonds. The molecule has 0 spiro atoms. The number of carbonyl (C=O) groups excluding carboxylic acids is 1. The molecule has 1 saturated heterocycles. The molecule has 2 unspecified atom stereocenters. The number of carboxylic acid groups (broad SMARTS) is 1. The summed E-state index contributed by atoms with van der Waals surface area (Å²) in [5.41, 5.74) is 0. The van der Waals surface area contributed by atoms with Crippen molar-refractivity contribution in [2.45, 2.75) is 102 Å². The van der Waals surface area contributed by atoms with E-state index in [0.29, 0.717) is 25.7 Å². The van der Waals surface area contributed by atoms with Crippen LogP contribution < -0.4 is 0 Å². The predicted octanol–water partition coefficient (Wildman–Crippen LogP) is 4.56. The van der Waals surface area contributed by atoms with Gasteiger partial charge in [0.2, 0.25) is 5.79 Å². The summed E-state index contributed by atoms with van der Waals surface area (Å²) in [4.78, 5) is 22.9. The molecule has 1 saturated carbocycles. The van der Waals surface area contributed by atoms with Gasteiger partial charge in [-0.15, -0.1) is 0 Å². The lowest BCUT2D eigenvalue weighted by molar-refractivity contribution is -0.358. The number of ketones is 1. The lowest BCUT2D eigenvalue weighted by Crippen LogP contribution is -2.56. The Morgan fingerprint density at radius 3 is 2.64 bits per heavy atom. The first kappa shape index (κ1) is 23.2. The zero-order valence-electron chi connectivity index (χ0n) is 17.0. The number of halogens is 2. The zero-order chi connectivity index (χ0) is 20.9. The molecule has 162 valence electrons. The highest BCUT2D eigenvalue weighted by atomic mass is 19.3. The second kappa shape index (κ2) is 9.61. The number of alkyl halides is 2. The predicted molar refractivity (Wildman–Crippen MR) is 100 cm³/mol. The molecule has 28 heavy (non-hydrogen) atoms. The Morgan fingerprint density at radius 2 is 2.00 bits per heavy atom. The first-order valence-corrected chi connectivity index (χ1v) is 10.6. The molecule has 1 aliphatic heterocycles. The van der Waals surface area contributed by atoms with Crippen molar-refractivity contribution in [3.8, 4) is 0 Å². The van der Waals surface area contributed by atoms with Crippen LogP contribution in [0, 0.1) is 17.8 Å². The van der Waals surface area contributed by atoms with E-state index in [1.54, 1.807) is 6.92 Å². The highest BCUT2D eigenvalue weighted by molar-refractivity contribution is 5.84. The van der Waals surface area contributed by atoms with E-state index < -0.39 is 30.2 Å². The van der Waals surface area contributed by atoms with Gasteiger partial charge in [0, 0.05) is 31.6 Å². The van der Waals surface area contributed by atoms with Crippen LogP contribution in [0.25, 0.3) is 0 Å². The van der Waals surface area contributed by atoms with Crippen LogP contribution in [0.15, 0.2) is 0 Å². The standard InChI is InChI=1S/C21H34F2O5/c1-3-14(2)13-20(22,23)21(27)11-10-16-15(17(24)12-18(16)28-21)8-6-4-5-7-9-19(25)26/h14-16,18,27H,3-13H2,1-2H3,(H,25,26)/t14-,15+,16?,18?,21+/m0/s1. The van der Waals surface area contributed by atoms with Gasteiger partial charge in [0.1, 0.15) is 5.78 Å². The Kier molecular flexibility index (Phi) is 7.97. The van der Waals surface area contributed by atoms with Crippen LogP contribution >= 0.6 is 0 Å². The molecule has 1 heterocycles. The maximum absolute atomic E-state index is 14.7. The van der Waals surface area contributed by atoms with Crippen molar-refractivity contribution in [3.05, 3.63) is 0 Å². The van der Waals surface area contributed by atoms with Crippen LogP contribution in [0.5, 0.6) is 0 Å². The number of aliphatic carboxylic acids is 1. The Balaban J connectivity index is 1.87. The number of hydrogen-bond donors (Lipinski definition) is 2. The second-order valence-electron chi connectivity index (χ2n) is 8.69. The smallest absolute Gasteiger partial charge is 0.303 e. The molecule has 5 atom stereocenters. The summed E-state index contributed by atoms with van der Waals surface area (Å²) in [6.45, 7) is 3.57. The first-order valence-electron chi connectivity index (χ1n) is 10.6. The molecule has 0 radical (unpaired) electrons. The van der Waals surface area contributed by atoms with Crippen molar-refractivity contribution in [2.75, 3.05) is 0 Å². The largest absolute Gasteiger partial charge is 0.481 e. The van der Waals surface area contributed by atoms with E-state index in [9.17, 15) is 23.5 Å². The number of carboxylic acids is 1. The van der Waals surface area contributed by atoms with E-state index in [-0.39, 0.29) is 42.8 Å². The third-order valence-corrected chi connectivity index (χ3v) is 6.50. The molecule has 5 nitrogen and oxygen atoms in total. The van der Waals surface area contributed by atoms with Crippen molar-refractivity contribution in [2.24, 2.45) is 17.8 Å². The van der Waals surface area contributed by atoms with Crippen LogP contribution in [-0.4, -0.2) is 39.8 Å². The van der Waals surface area contributed by atoms with Gasteiger partial charge in [-0.3, -0.25) is 9.59 Å². The highest BCUT2D eigenvalue weighted by Gasteiger charge is 2.60. The third-order valence-electron chi connectivity index (χ3n) is 6.50. The van der Waals surface area contributed by atoms with Gasteiger partial charge < -0.3 is 14.9 Å².